The first kappa shape index (κ1) is 16.7. The van der Waals surface area contributed by atoms with E-state index in [1.165, 1.54) is 0 Å². The van der Waals surface area contributed by atoms with Gasteiger partial charge in [0.25, 0.3) is 0 Å². The van der Waals surface area contributed by atoms with Crippen LogP contribution in [-0.2, 0) is 19.6 Å². The zero-order valence-electron chi connectivity index (χ0n) is 13.1. The Morgan fingerprint density at radius 1 is 1.17 bits per heavy atom. The number of ether oxygens (including phenoxy) is 2. The van der Waals surface area contributed by atoms with Gasteiger partial charge < -0.3 is 18.6 Å². The number of rotatable bonds is 6. The van der Waals surface area contributed by atoms with Crippen LogP contribution < -0.4 is 4.18 Å². The highest BCUT2D eigenvalue weighted by Gasteiger charge is 2.31. The molecular formula is C16H23NO5S. The number of likely N-dealkylation sites (tertiary alicyclic amines) is 1. The van der Waals surface area contributed by atoms with Crippen LogP contribution >= 0.6 is 0 Å². The molecule has 3 rings (SSSR count). The maximum Gasteiger partial charge on any atom is 0.310 e. The van der Waals surface area contributed by atoms with Crippen molar-refractivity contribution in [2.45, 2.75) is 19.1 Å². The zero-order chi connectivity index (χ0) is 16.1. The number of piperidine rings is 1. The predicted octanol–water partition coefficient (Wildman–Crippen LogP) is 1.48. The van der Waals surface area contributed by atoms with E-state index in [0.717, 1.165) is 25.9 Å². The fraction of sp³-hybridized carbons (Fsp3) is 0.625. The van der Waals surface area contributed by atoms with Gasteiger partial charge in [-0.25, -0.2) is 0 Å². The minimum absolute atomic E-state index is 0.0129. The summed E-state index contributed by atoms with van der Waals surface area (Å²) in [6.45, 7) is 3.49. The highest BCUT2D eigenvalue weighted by Crippen LogP contribution is 2.24. The second kappa shape index (κ2) is 7.61. The summed E-state index contributed by atoms with van der Waals surface area (Å²) in [6, 6.07) is 8.61. The Kier molecular flexibility index (Phi) is 5.53. The zero-order valence-corrected chi connectivity index (χ0v) is 13.9. The molecule has 6 nitrogen and oxygen atoms in total. The first-order chi connectivity index (χ1) is 11.1. The second-order valence-electron chi connectivity index (χ2n) is 5.97. The van der Waals surface area contributed by atoms with Crippen LogP contribution in [0, 0.1) is 5.92 Å². The van der Waals surface area contributed by atoms with E-state index in [1.54, 1.807) is 24.3 Å². The maximum atomic E-state index is 12.1. The molecule has 0 aliphatic carbocycles. The quantitative estimate of drug-likeness (QED) is 0.730. The van der Waals surface area contributed by atoms with Crippen LogP contribution in [0.1, 0.15) is 12.8 Å². The molecule has 128 valence electrons. The fourth-order valence-corrected chi connectivity index (χ4v) is 4.04. The van der Waals surface area contributed by atoms with Gasteiger partial charge in [0.05, 0.1) is 19.0 Å². The number of para-hydroxylation sites is 1. The lowest BCUT2D eigenvalue weighted by atomic mass is 9.97. The van der Waals surface area contributed by atoms with Gasteiger partial charge in [-0.1, -0.05) is 18.2 Å². The second-order valence-corrected chi connectivity index (χ2v) is 7.66. The van der Waals surface area contributed by atoms with Crippen molar-refractivity contribution in [3.05, 3.63) is 30.3 Å². The largest absolute Gasteiger partial charge is 0.382 e. The molecule has 2 saturated heterocycles. The molecule has 0 bridgehead atoms. The first-order valence-corrected chi connectivity index (χ1v) is 9.63. The lowest BCUT2D eigenvalue weighted by Gasteiger charge is -2.34. The summed E-state index contributed by atoms with van der Waals surface area (Å²) in [5, 5.41) is 0. The van der Waals surface area contributed by atoms with Crippen molar-refractivity contribution in [3.63, 3.8) is 0 Å². The van der Waals surface area contributed by atoms with E-state index in [-0.39, 0.29) is 12.0 Å². The topological polar surface area (TPSA) is 65.1 Å². The molecule has 1 unspecified atom stereocenters. The van der Waals surface area contributed by atoms with Gasteiger partial charge in [0.2, 0.25) is 0 Å². The highest BCUT2D eigenvalue weighted by molar-refractivity contribution is 7.87. The van der Waals surface area contributed by atoms with Crippen LogP contribution in [0.25, 0.3) is 0 Å². The summed E-state index contributed by atoms with van der Waals surface area (Å²) in [7, 11) is -3.57. The van der Waals surface area contributed by atoms with Crippen molar-refractivity contribution >= 4 is 10.1 Å². The first-order valence-electron chi connectivity index (χ1n) is 8.05. The molecule has 2 fully saturated rings. The molecule has 1 aromatic carbocycles. The Hall–Kier alpha value is -1.15. The van der Waals surface area contributed by atoms with E-state index in [0.29, 0.717) is 31.4 Å². The van der Waals surface area contributed by atoms with Crippen LogP contribution in [-0.4, -0.2) is 58.2 Å². The number of benzene rings is 1. The lowest BCUT2D eigenvalue weighted by molar-refractivity contribution is -0.0995. The molecule has 0 N–H and O–H groups in total. The molecule has 0 aromatic heterocycles. The van der Waals surface area contributed by atoms with E-state index >= 15 is 0 Å². The molecule has 0 amide bonds. The van der Waals surface area contributed by atoms with Gasteiger partial charge in [-0.3, -0.25) is 0 Å². The normalized spacial score (nSPS) is 23.9. The SMILES string of the molecule is O=S(=O)(CCN1CCCC(C2OCCO2)C1)Oc1ccccc1. The molecule has 1 atom stereocenters. The van der Waals surface area contributed by atoms with Crippen molar-refractivity contribution in [1.29, 1.82) is 0 Å². The Morgan fingerprint density at radius 2 is 1.91 bits per heavy atom. The molecule has 2 aliphatic rings. The Labute approximate surface area is 137 Å². The van der Waals surface area contributed by atoms with Gasteiger partial charge in [-0.05, 0) is 31.5 Å². The molecule has 0 saturated carbocycles. The van der Waals surface area contributed by atoms with E-state index < -0.39 is 10.1 Å². The maximum absolute atomic E-state index is 12.1. The molecule has 23 heavy (non-hydrogen) atoms. The summed E-state index contributed by atoms with van der Waals surface area (Å²) in [4.78, 5) is 2.16. The minimum atomic E-state index is -3.57. The van der Waals surface area contributed by atoms with Crippen LogP contribution in [0.2, 0.25) is 0 Å². The molecule has 0 radical (unpaired) electrons. The van der Waals surface area contributed by atoms with Crippen molar-refractivity contribution in [2.75, 3.05) is 38.6 Å². The monoisotopic (exact) mass is 341 g/mol. The molecule has 1 aromatic rings. The fourth-order valence-electron chi connectivity index (χ4n) is 3.07. The summed E-state index contributed by atoms with van der Waals surface area (Å²) < 4.78 is 40.4. The van der Waals surface area contributed by atoms with Crippen molar-refractivity contribution in [2.24, 2.45) is 5.92 Å². The standard InChI is InChI=1S/C16H23NO5S/c18-23(19,22-15-6-2-1-3-7-15)12-9-17-8-4-5-14(13-17)16-20-10-11-21-16/h1-3,6-7,14,16H,4-5,8-13H2. The van der Waals surface area contributed by atoms with Crippen molar-refractivity contribution in [3.8, 4) is 5.75 Å². The van der Waals surface area contributed by atoms with E-state index in [2.05, 4.69) is 4.90 Å². The Morgan fingerprint density at radius 3 is 2.65 bits per heavy atom. The summed E-state index contributed by atoms with van der Waals surface area (Å²) >= 11 is 0. The summed E-state index contributed by atoms with van der Waals surface area (Å²) in [6.07, 6.45) is 1.97. The third-order valence-electron chi connectivity index (χ3n) is 4.20. The lowest BCUT2D eigenvalue weighted by Crippen LogP contribution is -2.42. The average Bonchev–Trinajstić information content (AvgIpc) is 3.08. The van der Waals surface area contributed by atoms with Crippen molar-refractivity contribution < 1.29 is 22.1 Å². The van der Waals surface area contributed by atoms with Gasteiger partial charge in [0.15, 0.2) is 6.29 Å². The third-order valence-corrected chi connectivity index (χ3v) is 5.33. The Balaban J connectivity index is 1.49. The number of hydrogen-bond donors (Lipinski definition) is 0. The van der Waals surface area contributed by atoms with Crippen molar-refractivity contribution in [1.82, 2.24) is 4.90 Å². The van der Waals surface area contributed by atoms with Gasteiger partial charge in [0.1, 0.15) is 5.75 Å². The van der Waals surface area contributed by atoms with E-state index in [9.17, 15) is 8.42 Å². The van der Waals surface area contributed by atoms with E-state index in [1.807, 2.05) is 6.07 Å². The highest BCUT2D eigenvalue weighted by atomic mass is 32.2. The van der Waals surface area contributed by atoms with E-state index in [4.69, 9.17) is 13.7 Å². The van der Waals surface area contributed by atoms with Gasteiger partial charge in [0, 0.05) is 19.0 Å². The molecule has 2 heterocycles. The van der Waals surface area contributed by atoms with Gasteiger partial charge in [-0.2, -0.15) is 8.42 Å². The van der Waals surface area contributed by atoms with Crippen LogP contribution in [0.15, 0.2) is 30.3 Å². The van der Waals surface area contributed by atoms with Crippen LogP contribution in [0.4, 0.5) is 0 Å². The minimum Gasteiger partial charge on any atom is -0.382 e. The van der Waals surface area contributed by atoms with Gasteiger partial charge in [-0.15, -0.1) is 0 Å². The summed E-state index contributed by atoms with van der Waals surface area (Å²) in [5.41, 5.74) is 0. The Bertz CT molecular complexity index is 586. The van der Waals surface area contributed by atoms with Gasteiger partial charge >= 0.3 is 10.1 Å². The molecular weight excluding hydrogens is 318 g/mol. The van der Waals surface area contributed by atoms with Crippen LogP contribution in [0.3, 0.4) is 0 Å². The summed E-state index contributed by atoms with van der Waals surface area (Å²) in [5.74, 6) is 0.668. The third kappa shape index (κ3) is 4.91. The molecule has 2 aliphatic heterocycles. The predicted molar refractivity (Wildman–Crippen MR) is 85.7 cm³/mol. The molecule has 0 spiro atoms. The molecule has 7 heteroatoms. The smallest absolute Gasteiger partial charge is 0.310 e. The number of nitrogens with zero attached hydrogens (tertiary/aromatic N) is 1. The average molecular weight is 341 g/mol. The number of hydrogen-bond acceptors (Lipinski definition) is 6. The van der Waals surface area contributed by atoms with Crippen LogP contribution in [0.5, 0.6) is 5.75 Å².